The van der Waals surface area contributed by atoms with Crippen LogP contribution in [0.1, 0.15) is 82.9 Å². The highest BCUT2D eigenvalue weighted by atomic mass is 16.4. The SMILES string of the molecule is CCCC(C(=O)O)c1ccc2c(c1)C(C)(C)CCC2(C)C. The first kappa shape index (κ1) is 16.1. The van der Waals surface area contributed by atoms with Crippen LogP contribution in [-0.2, 0) is 15.6 Å². The third-order valence-electron chi connectivity index (χ3n) is 5.15. The molecule has 1 N–H and O–H groups in total. The summed E-state index contributed by atoms with van der Waals surface area (Å²) in [4.78, 5) is 11.5. The first-order valence-electron chi connectivity index (χ1n) is 8.07. The molecule has 0 fully saturated rings. The maximum Gasteiger partial charge on any atom is 0.310 e. The summed E-state index contributed by atoms with van der Waals surface area (Å²) in [7, 11) is 0. The highest BCUT2D eigenvalue weighted by Gasteiger charge is 2.37. The summed E-state index contributed by atoms with van der Waals surface area (Å²) < 4.78 is 0. The zero-order chi connectivity index (χ0) is 15.8. The summed E-state index contributed by atoms with van der Waals surface area (Å²) >= 11 is 0. The van der Waals surface area contributed by atoms with Gasteiger partial charge in [0.2, 0.25) is 0 Å². The highest BCUT2D eigenvalue weighted by Crippen LogP contribution is 2.46. The predicted molar refractivity (Wildman–Crippen MR) is 87.0 cm³/mol. The Hall–Kier alpha value is -1.31. The normalized spacial score (nSPS) is 20.6. The van der Waals surface area contributed by atoms with Gasteiger partial charge >= 0.3 is 5.97 Å². The molecule has 1 aromatic carbocycles. The lowest BCUT2D eigenvalue weighted by Crippen LogP contribution is -2.34. The van der Waals surface area contributed by atoms with Gasteiger partial charge in [0.05, 0.1) is 5.92 Å². The molecular formula is C19H28O2. The quantitative estimate of drug-likeness (QED) is 0.846. The zero-order valence-corrected chi connectivity index (χ0v) is 14.0. The molecule has 0 radical (unpaired) electrons. The second-order valence-electron chi connectivity index (χ2n) is 7.75. The topological polar surface area (TPSA) is 37.3 Å². The number of rotatable bonds is 4. The zero-order valence-electron chi connectivity index (χ0n) is 14.0. The molecule has 0 aromatic heterocycles. The Bertz CT molecular complexity index is 540. The van der Waals surface area contributed by atoms with Crippen LogP contribution < -0.4 is 0 Å². The van der Waals surface area contributed by atoms with E-state index >= 15 is 0 Å². The van der Waals surface area contributed by atoms with Crippen LogP contribution in [0.15, 0.2) is 18.2 Å². The van der Waals surface area contributed by atoms with E-state index in [0.29, 0.717) is 6.42 Å². The lowest BCUT2D eigenvalue weighted by atomic mass is 9.62. The van der Waals surface area contributed by atoms with Crippen molar-refractivity contribution in [2.45, 2.75) is 77.0 Å². The molecule has 116 valence electrons. The first-order chi connectivity index (χ1) is 9.69. The van der Waals surface area contributed by atoms with Gasteiger partial charge in [-0.05, 0) is 46.8 Å². The molecule has 0 amide bonds. The summed E-state index contributed by atoms with van der Waals surface area (Å²) in [6, 6.07) is 6.39. The van der Waals surface area contributed by atoms with E-state index in [-0.39, 0.29) is 16.7 Å². The molecule has 2 heteroatoms. The van der Waals surface area contributed by atoms with Crippen molar-refractivity contribution in [3.05, 3.63) is 34.9 Å². The van der Waals surface area contributed by atoms with Crippen molar-refractivity contribution in [1.29, 1.82) is 0 Å². The van der Waals surface area contributed by atoms with Crippen LogP contribution in [0.4, 0.5) is 0 Å². The van der Waals surface area contributed by atoms with E-state index in [1.165, 1.54) is 17.5 Å². The Kier molecular flexibility index (Phi) is 4.19. The van der Waals surface area contributed by atoms with E-state index in [1.54, 1.807) is 0 Å². The first-order valence-corrected chi connectivity index (χ1v) is 8.07. The number of carboxylic acids is 1. The smallest absolute Gasteiger partial charge is 0.310 e. The van der Waals surface area contributed by atoms with Gasteiger partial charge in [0, 0.05) is 0 Å². The van der Waals surface area contributed by atoms with E-state index in [1.807, 2.05) is 13.0 Å². The van der Waals surface area contributed by atoms with Crippen molar-refractivity contribution < 1.29 is 9.90 Å². The van der Waals surface area contributed by atoms with Gasteiger partial charge in [0.25, 0.3) is 0 Å². The van der Waals surface area contributed by atoms with Gasteiger partial charge in [-0.1, -0.05) is 59.2 Å². The van der Waals surface area contributed by atoms with Gasteiger partial charge in [0.1, 0.15) is 0 Å². The molecule has 0 heterocycles. The fourth-order valence-electron chi connectivity index (χ4n) is 3.54. The Labute approximate surface area is 128 Å². The third kappa shape index (κ3) is 3.00. The number of hydrogen-bond donors (Lipinski definition) is 1. The minimum atomic E-state index is -0.704. The maximum absolute atomic E-state index is 11.5. The monoisotopic (exact) mass is 288 g/mol. The van der Waals surface area contributed by atoms with E-state index < -0.39 is 5.97 Å². The van der Waals surface area contributed by atoms with Crippen molar-refractivity contribution in [2.75, 3.05) is 0 Å². The standard InChI is InChI=1S/C19H28O2/c1-6-7-14(17(20)21)13-8-9-15-16(12-13)19(4,5)11-10-18(15,2)3/h8-9,12,14H,6-7,10-11H2,1-5H3,(H,20,21). The summed E-state index contributed by atoms with van der Waals surface area (Å²) in [6.07, 6.45) is 3.94. The Balaban J connectivity index is 2.53. The molecule has 21 heavy (non-hydrogen) atoms. The third-order valence-corrected chi connectivity index (χ3v) is 5.15. The molecule has 1 unspecified atom stereocenters. The van der Waals surface area contributed by atoms with E-state index in [4.69, 9.17) is 0 Å². The molecule has 2 rings (SSSR count). The predicted octanol–water partition coefficient (Wildman–Crippen LogP) is 5.00. The van der Waals surface area contributed by atoms with Crippen LogP contribution in [0, 0.1) is 0 Å². The second-order valence-corrected chi connectivity index (χ2v) is 7.75. The summed E-state index contributed by atoms with van der Waals surface area (Å²) in [6.45, 7) is 11.2. The molecule has 1 aliphatic carbocycles. The molecule has 0 saturated carbocycles. The van der Waals surface area contributed by atoms with Crippen molar-refractivity contribution in [3.8, 4) is 0 Å². The van der Waals surface area contributed by atoms with Crippen molar-refractivity contribution in [3.63, 3.8) is 0 Å². The van der Waals surface area contributed by atoms with E-state index in [0.717, 1.165) is 18.4 Å². The second kappa shape index (κ2) is 5.47. The minimum absolute atomic E-state index is 0.135. The summed E-state index contributed by atoms with van der Waals surface area (Å²) in [5.41, 5.74) is 4.03. The number of hydrogen-bond acceptors (Lipinski definition) is 1. The van der Waals surface area contributed by atoms with Crippen LogP contribution in [0.2, 0.25) is 0 Å². The number of carbonyl (C=O) groups is 1. The molecule has 2 nitrogen and oxygen atoms in total. The largest absolute Gasteiger partial charge is 0.481 e. The molecule has 0 bridgehead atoms. The molecule has 1 aliphatic rings. The lowest BCUT2D eigenvalue weighted by Gasteiger charge is -2.42. The number of carboxylic acid groups (broad SMARTS) is 1. The Morgan fingerprint density at radius 2 is 1.71 bits per heavy atom. The minimum Gasteiger partial charge on any atom is -0.481 e. The van der Waals surface area contributed by atoms with Gasteiger partial charge in [0.15, 0.2) is 0 Å². The van der Waals surface area contributed by atoms with Gasteiger partial charge < -0.3 is 5.11 Å². The Morgan fingerprint density at radius 1 is 1.14 bits per heavy atom. The van der Waals surface area contributed by atoms with Crippen LogP contribution in [0.3, 0.4) is 0 Å². The van der Waals surface area contributed by atoms with Crippen LogP contribution in [0.25, 0.3) is 0 Å². The highest BCUT2D eigenvalue weighted by molar-refractivity contribution is 5.76. The summed E-state index contributed by atoms with van der Waals surface area (Å²) in [5.74, 6) is -1.08. The molecule has 1 aromatic rings. The summed E-state index contributed by atoms with van der Waals surface area (Å²) in [5, 5.41) is 9.49. The van der Waals surface area contributed by atoms with Crippen molar-refractivity contribution >= 4 is 5.97 Å². The molecule has 0 aliphatic heterocycles. The van der Waals surface area contributed by atoms with Gasteiger partial charge in [-0.3, -0.25) is 4.79 Å². The maximum atomic E-state index is 11.5. The average molecular weight is 288 g/mol. The van der Waals surface area contributed by atoms with Gasteiger partial charge in [-0.25, -0.2) is 0 Å². The van der Waals surface area contributed by atoms with Gasteiger partial charge in [-0.2, -0.15) is 0 Å². The average Bonchev–Trinajstić information content (AvgIpc) is 2.41. The van der Waals surface area contributed by atoms with Crippen LogP contribution in [0.5, 0.6) is 0 Å². The fourth-order valence-corrected chi connectivity index (χ4v) is 3.54. The van der Waals surface area contributed by atoms with Crippen LogP contribution in [-0.4, -0.2) is 11.1 Å². The lowest BCUT2D eigenvalue weighted by molar-refractivity contribution is -0.139. The van der Waals surface area contributed by atoms with Gasteiger partial charge in [-0.15, -0.1) is 0 Å². The van der Waals surface area contributed by atoms with Crippen LogP contribution >= 0.6 is 0 Å². The Morgan fingerprint density at radius 3 is 2.24 bits per heavy atom. The van der Waals surface area contributed by atoms with Crippen molar-refractivity contribution in [1.82, 2.24) is 0 Å². The van der Waals surface area contributed by atoms with E-state index in [9.17, 15) is 9.90 Å². The number of fused-ring (bicyclic) bond motifs is 1. The molecule has 0 spiro atoms. The molecular weight excluding hydrogens is 260 g/mol. The molecule has 1 atom stereocenters. The van der Waals surface area contributed by atoms with E-state index in [2.05, 4.69) is 39.8 Å². The van der Waals surface area contributed by atoms with Crippen molar-refractivity contribution in [2.24, 2.45) is 0 Å². The number of benzene rings is 1. The molecule has 0 saturated heterocycles. The fraction of sp³-hybridized carbons (Fsp3) is 0.632. The number of aliphatic carboxylic acids is 1.